The van der Waals surface area contributed by atoms with Gasteiger partial charge < -0.3 is 5.73 Å². The number of hydrogen-bond donors (Lipinski definition) is 1. The van der Waals surface area contributed by atoms with E-state index in [1.807, 2.05) is 0 Å². The molecule has 3 heteroatoms. The van der Waals surface area contributed by atoms with Crippen LogP contribution in [-0.2, 0) is 0 Å². The summed E-state index contributed by atoms with van der Waals surface area (Å²) < 4.78 is 26.8. The van der Waals surface area contributed by atoms with Gasteiger partial charge in [-0.1, -0.05) is 0 Å². The van der Waals surface area contributed by atoms with Gasteiger partial charge in [0.15, 0.2) is 0 Å². The molecule has 0 aliphatic heterocycles. The molecule has 3 rings (SSSR count). The highest BCUT2D eigenvalue weighted by Crippen LogP contribution is 2.62. The molecule has 3 fully saturated rings. The molecule has 0 radical (unpaired) electrons. The molecule has 0 saturated heterocycles. The van der Waals surface area contributed by atoms with E-state index in [1.54, 1.807) is 0 Å². The van der Waals surface area contributed by atoms with Crippen LogP contribution in [0.3, 0.4) is 0 Å². The molecule has 0 heterocycles. The quantitative estimate of drug-likeness (QED) is 0.805. The minimum atomic E-state index is -2.40. The predicted octanol–water partition coefficient (Wildman–Crippen LogP) is 3.58. The summed E-state index contributed by atoms with van der Waals surface area (Å²) in [5.74, 6) is -0.398. The van der Waals surface area contributed by atoms with Crippen LogP contribution in [0.15, 0.2) is 0 Å². The first kappa shape index (κ1) is 11.9. The maximum Gasteiger partial charge on any atom is 0.248 e. The van der Waals surface area contributed by atoms with Gasteiger partial charge in [-0.3, -0.25) is 0 Å². The minimum absolute atomic E-state index is 0.102. The SMILES string of the molecule is NCC1(CC2CCCC(F)(F)C2)CC2CC2C1. The largest absolute Gasteiger partial charge is 0.330 e. The summed E-state index contributed by atoms with van der Waals surface area (Å²) in [5.41, 5.74) is 6.18. The molecule has 0 bridgehead atoms. The lowest BCUT2D eigenvalue weighted by Gasteiger charge is -2.37. The van der Waals surface area contributed by atoms with Crippen LogP contribution in [0.1, 0.15) is 51.4 Å². The van der Waals surface area contributed by atoms with E-state index in [1.165, 1.54) is 19.3 Å². The fourth-order valence-electron chi connectivity index (χ4n) is 4.49. The molecule has 0 aromatic heterocycles. The third kappa shape index (κ3) is 2.35. The van der Waals surface area contributed by atoms with Crippen molar-refractivity contribution in [3.63, 3.8) is 0 Å². The lowest BCUT2D eigenvalue weighted by molar-refractivity contribution is -0.0595. The Morgan fingerprint density at radius 2 is 1.82 bits per heavy atom. The number of nitrogens with two attached hydrogens (primary N) is 1. The molecule has 0 amide bonds. The van der Waals surface area contributed by atoms with Crippen molar-refractivity contribution in [2.45, 2.75) is 57.3 Å². The Morgan fingerprint density at radius 1 is 1.12 bits per heavy atom. The van der Waals surface area contributed by atoms with Crippen molar-refractivity contribution in [1.29, 1.82) is 0 Å². The van der Waals surface area contributed by atoms with Gasteiger partial charge in [-0.05, 0) is 68.2 Å². The highest BCUT2D eigenvalue weighted by Gasteiger charge is 2.54. The summed E-state index contributed by atoms with van der Waals surface area (Å²) >= 11 is 0. The molecule has 3 unspecified atom stereocenters. The lowest BCUT2D eigenvalue weighted by Crippen LogP contribution is -2.35. The maximum absolute atomic E-state index is 13.4. The molecule has 3 saturated carbocycles. The summed E-state index contributed by atoms with van der Waals surface area (Å²) in [4.78, 5) is 0. The second kappa shape index (κ2) is 3.91. The highest BCUT2D eigenvalue weighted by molar-refractivity contribution is 5.04. The maximum atomic E-state index is 13.4. The molecule has 3 atom stereocenters. The smallest absolute Gasteiger partial charge is 0.248 e. The standard InChI is InChI=1S/C14H23F2N/c15-14(16)3-1-2-10(6-14)5-13(9-17)7-11-4-12(11)8-13/h10-12H,1-9,17H2. The summed E-state index contributed by atoms with van der Waals surface area (Å²) in [7, 11) is 0. The van der Waals surface area contributed by atoms with Crippen LogP contribution in [0.25, 0.3) is 0 Å². The normalized spacial score (nSPS) is 47.8. The van der Waals surface area contributed by atoms with E-state index < -0.39 is 5.92 Å². The van der Waals surface area contributed by atoms with Crippen LogP contribution in [0.5, 0.6) is 0 Å². The molecule has 3 aliphatic carbocycles. The highest BCUT2D eigenvalue weighted by atomic mass is 19.3. The summed E-state index contributed by atoms with van der Waals surface area (Å²) in [5, 5.41) is 0. The predicted molar refractivity (Wildman–Crippen MR) is 63.8 cm³/mol. The van der Waals surface area contributed by atoms with Crippen LogP contribution < -0.4 is 5.73 Å². The third-order valence-electron chi connectivity index (χ3n) is 5.36. The van der Waals surface area contributed by atoms with Crippen LogP contribution >= 0.6 is 0 Å². The van der Waals surface area contributed by atoms with Crippen molar-refractivity contribution in [3.05, 3.63) is 0 Å². The van der Waals surface area contributed by atoms with Gasteiger partial charge in [0.1, 0.15) is 0 Å². The minimum Gasteiger partial charge on any atom is -0.330 e. The van der Waals surface area contributed by atoms with Gasteiger partial charge in [0, 0.05) is 12.8 Å². The number of rotatable bonds is 3. The van der Waals surface area contributed by atoms with Gasteiger partial charge in [-0.25, -0.2) is 8.78 Å². The number of alkyl halides is 2. The summed E-state index contributed by atoms with van der Waals surface area (Å²) in [6.07, 6.45) is 6.69. The topological polar surface area (TPSA) is 26.0 Å². The Bertz CT molecular complexity index is 293. The molecule has 1 nitrogen and oxygen atoms in total. The Kier molecular flexibility index (Phi) is 2.73. The fourth-order valence-corrected chi connectivity index (χ4v) is 4.49. The average molecular weight is 243 g/mol. The van der Waals surface area contributed by atoms with Gasteiger partial charge in [0.2, 0.25) is 5.92 Å². The summed E-state index contributed by atoms with van der Waals surface area (Å²) in [6.45, 7) is 0.710. The van der Waals surface area contributed by atoms with Crippen molar-refractivity contribution >= 4 is 0 Å². The van der Waals surface area contributed by atoms with E-state index in [9.17, 15) is 8.78 Å². The van der Waals surface area contributed by atoms with Crippen molar-refractivity contribution in [2.24, 2.45) is 28.9 Å². The van der Waals surface area contributed by atoms with Gasteiger partial charge in [0.25, 0.3) is 0 Å². The zero-order valence-electron chi connectivity index (χ0n) is 10.4. The lowest BCUT2D eigenvalue weighted by atomic mass is 9.71. The average Bonchev–Trinajstić information content (AvgIpc) is 2.86. The Labute approximate surface area is 102 Å². The molecule has 0 aromatic rings. The molecule has 17 heavy (non-hydrogen) atoms. The molecule has 3 aliphatic rings. The molecular weight excluding hydrogens is 220 g/mol. The van der Waals surface area contributed by atoms with Crippen molar-refractivity contribution < 1.29 is 8.78 Å². The molecule has 2 N–H and O–H groups in total. The third-order valence-corrected chi connectivity index (χ3v) is 5.36. The molecular formula is C14H23F2N. The van der Waals surface area contributed by atoms with E-state index in [4.69, 9.17) is 5.73 Å². The number of halogens is 2. The van der Waals surface area contributed by atoms with E-state index in [0.717, 1.165) is 24.7 Å². The van der Waals surface area contributed by atoms with Crippen LogP contribution in [0.4, 0.5) is 8.78 Å². The van der Waals surface area contributed by atoms with Crippen molar-refractivity contribution in [3.8, 4) is 0 Å². The van der Waals surface area contributed by atoms with E-state index in [-0.39, 0.29) is 24.2 Å². The zero-order valence-corrected chi connectivity index (χ0v) is 10.4. The Morgan fingerprint density at radius 3 is 2.41 bits per heavy atom. The number of fused-ring (bicyclic) bond motifs is 1. The fraction of sp³-hybridized carbons (Fsp3) is 1.00. The Balaban J connectivity index is 1.61. The van der Waals surface area contributed by atoms with Crippen molar-refractivity contribution in [2.75, 3.05) is 6.54 Å². The van der Waals surface area contributed by atoms with Gasteiger partial charge in [0.05, 0.1) is 0 Å². The van der Waals surface area contributed by atoms with Crippen molar-refractivity contribution in [1.82, 2.24) is 0 Å². The first-order valence-corrected chi connectivity index (χ1v) is 7.10. The summed E-state index contributed by atoms with van der Waals surface area (Å²) in [6, 6.07) is 0. The molecule has 98 valence electrons. The molecule has 0 aromatic carbocycles. The van der Waals surface area contributed by atoms with Crippen LogP contribution in [-0.4, -0.2) is 12.5 Å². The second-order valence-corrected chi connectivity index (χ2v) is 6.89. The Hall–Kier alpha value is -0.180. The number of hydrogen-bond acceptors (Lipinski definition) is 1. The zero-order chi connectivity index (χ0) is 12.1. The second-order valence-electron chi connectivity index (χ2n) is 6.89. The van der Waals surface area contributed by atoms with Crippen LogP contribution in [0.2, 0.25) is 0 Å². The van der Waals surface area contributed by atoms with Gasteiger partial charge in [-0.15, -0.1) is 0 Å². The van der Waals surface area contributed by atoms with Gasteiger partial charge >= 0.3 is 0 Å². The van der Waals surface area contributed by atoms with Crippen LogP contribution in [0, 0.1) is 23.2 Å². The first-order valence-electron chi connectivity index (χ1n) is 7.10. The monoisotopic (exact) mass is 243 g/mol. The van der Waals surface area contributed by atoms with Gasteiger partial charge in [-0.2, -0.15) is 0 Å². The van der Waals surface area contributed by atoms with E-state index >= 15 is 0 Å². The van der Waals surface area contributed by atoms with E-state index in [0.29, 0.717) is 13.0 Å². The van der Waals surface area contributed by atoms with E-state index in [2.05, 4.69) is 0 Å². The molecule has 0 spiro atoms. The first-order chi connectivity index (χ1) is 8.02.